The average molecular weight is 552 g/mol. The van der Waals surface area contributed by atoms with E-state index in [-0.39, 0.29) is 5.91 Å². The van der Waals surface area contributed by atoms with Crippen molar-refractivity contribution >= 4 is 44.5 Å². The Balaban J connectivity index is 1.67. The Hall–Kier alpha value is -3.23. The van der Waals surface area contributed by atoms with Gasteiger partial charge in [-0.3, -0.25) is 4.79 Å². The molecule has 1 amide bonds. The highest BCUT2D eigenvalue weighted by Gasteiger charge is 2.31. The molecule has 180 valence electrons. The number of allylic oxidation sites excluding steroid dienone is 1. The van der Waals surface area contributed by atoms with E-state index in [0.29, 0.717) is 17.1 Å². The maximum absolute atomic E-state index is 13.4. The minimum absolute atomic E-state index is 0.218. The molecular weight excluding hydrogens is 526 g/mol. The van der Waals surface area contributed by atoms with Crippen LogP contribution in [0.3, 0.4) is 0 Å². The van der Waals surface area contributed by atoms with Crippen LogP contribution in [-0.2, 0) is 10.5 Å². The molecule has 3 aromatic rings. The zero-order valence-corrected chi connectivity index (χ0v) is 22.1. The van der Waals surface area contributed by atoms with Gasteiger partial charge in [0.1, 0.15) is 17.5 Å². The Labute approximate surface area is 218 Å². The number of anilines is 1. The van der Waals surface area contributed by atoms with Crippen LogP contribution in [0.15, 0.2) is 93.5 Å². The molecule has 0 bridgehead atoms. The lowest BCUT2D eigenvalue weighted by atomic mass is 9.95. The van der Waals surface area contributed by atoms with Crippen LogP contribution >= 0.6 is 27.7 Å². The van der Waals surface area contributed by atoms with Crippen LogP contribution in [0.5, 0.6) is 11.5 Å². The number of carbonyl (C=O) groups excluding carboxylic acids is 1. The second-order valence-corrected chi connectivity index (χ2v) is 9.72. The number of ether oxygens (including phenoxy) is 2. The van der Waals surface area contributed by atoms with Crippen LogP contribution in [0.4, 0.5) is 5.69 Å². The van der Waals surface area contributed by atoms with Crippen LogP contribution in [-0.4, -0.2) is 25.3 Å². The first-order valence-electron chi connectivity index (χ1n) is 11.0. The Bertz CT molecular complexity index is 1260. The first-order valence-corrected chi connectivity index (χ1v) is 12.8. The number of nitrogens with zero attached hydrogens (tertiary/aromatic N) is 1. The monoisotopic (exact) mass is 551 g/mol. The SMILES string of the molecule is COc1ccc([C@H]2N=C(SCc3ccc(Br)cc3)NC(C)=C2C(=O)Nc2ccccc2)c(OC)c1. The van der Waals surface area contributed by atoms with Crippen molar-refractivity contribution in [1.82, 2.24) is 5.32 Å². The summed E-state index contributed by atoms with van der Waals surface area (Å²) in [7, 11) is 3.21. The van der Waals surface area contributed by atoms with Crippen molar-refractivity contribution in [3.63, 3.8) is 0 Å². The topological polar surface area (TPSA) is 72.0 Å². The van der Waals surface area contributed by atoms with Gasteiger partial charge >= 0.3 is 0 Å². The van der Waals surface area contributed by atoms with E-state index in [0.717, 1.165) is 32.3 Å². The smallest absolute Gasteiger partial charge is 0.255 e. The van der Waals surface area contributed by atoms with Crippen LogP contribution < -0.4 is 20.1 Å². The summed E-state index contributed by atoms with van der Waals surface area (Å²) in [6, 6.07) is 22.6. The highest BCUT2D eigenvalue weighted by Crippen LogP contribution is 2.39. The Morgan fingerprint density at radius 1 is 1.06 bits per heavy atom. The van der Waals surface area contributed by atoms with Gasteiger partial charge < -0.3 is 20.1 Å². The van der Waals surface area contributed by atoms with E-state index in [9.17, 15) is 4.79 Å². The molecule has 1 atom stereocenters. The van der Waals surface area contributed by atoms with Gasteiger partial charge in [0.15, 0.2) is 5.17 Å². The minimum atomic E-state index is -0.548. The molecule has 0 aliphatic carbocycles. The van der Waals surface area contributed by atoms with Crippen LogP contribution in [0.1, 0.15) is 24.1 Å². The van der Waals surface area contributed by atoms with Crippen molar-refractivity contribution in [1.29, 1.82) is 0 Å². The van der Waals surface area contributed by atoms with Crippen LogP contribution in [0, 0.1) is 0 Å². The first kappa shape index (κ1) is 24.9. The van der Waals surface area contributed by atoms with E-state index in [1.54, 1.807) is 26.0 Å². The molecule has 0 radical (unpaired) electrons. The minimum Gasteiger partial charge on any atom is -0.497 e. The molecule has 6 nitrogen and oxygen atoms in total. The van der Waals surface area contributed by atoms with Gasteiger partial charge in [0.05, 0.1) is 19.8 Å². The summed E-state index contributed by atoms with van der Waals surface area (Å²) >= 11 is 5.06. The largest absolute Gasteiger partial charge is 0.497 e. The van der Waals surface area contributed by atoms with E-state index in [1.165, 1.54) is 5.56 Å². The number of nitrogens with one attached hydrogen (secondary N) is 2. The van der Waals surface area contributed by atoms with E-state index in [2.05, 4.69) is 38.7 Å². The average Bonchev–Trinajstić information content (AvgIpc) is 2.88. The number of carbonyl (C=O) groups is 1. The molecule has 1 aliphatic rings. The van der Waals surface area contributed by atoms with Gasteiger partial charge in [-0.05, 0) is 48.9 Å². The zero-order valence-electron chi connectivity index (χ0n) is 19.7. The third-order valence-electron chi connectivity index (χ3n) is 5.52. The molecule has 0 saturated heterocycles. The molecule has 1 aliphatic heterocycles. The number of methoxy groups -OCH3 is 2. The number of hydrogen-bond acceptors (Lipinski definition) is 6. The predicted octanol–water partition coefficient (Wildman–Crippen LogP) is 6.31. The first-order chi connectivity index (χ1) is 17.0. The molecule has 0 aromatic heterocycles. The van der Waals surface area contributed by atoms with E-state index in [4.69, 9.17) is 14.5 Å². The summed E-state index contributed by atoms with van der Waals surface area (Å²) in [6.07, 6.45) is 0. The lowest BCUT2D eigenvalue weighted by Crippen LogP contribution is -2.32. The van der Waals surface area contributed by atoms with Crippen molar-refractivity contribution < 1.29 is 14.3 Å². The van der Waals surface area contributed by atoms with Gasteiger partial charge in [-0.15, -0.1) is 0 Å². The van der Waals surface area contributed by atoms with Gasteiger partial charge in [0, 0.05) is 33.2 Å². The third kappa shape index (κ3) is 6.07. The van der Waals surface area contributed by atoms with Crippen LogP contribution in [0.25, 0.3) is 0 Å². The number of thioether (sulfide) groups is 1. The van der Waals surface area contributed by atoms with Crippen molar-refractivity contribution in [2.24, 2.45) is 4.99 Å². The Kier molecular flexibility index (Phi) is 8.15. The fraction of sp³-hybridized carbons (Fsp3) is 0.185. The second kappa shape index (κ2) is 11.5. The Morgan fingerprint density at radius 3 is 2.49 bits per heavy atom. The normalized spacial score (nSPS) is 15.2. The summed E-state index contributed by atoms with van der Waals surface area (Å²) in [5, 5.41) is 7.07. The van der Waals surface area contributed by atoms with Gasteiger partial charge in [0.25, 0.3) is 5.91 Å². The maximum atomic E-state index is 13.4. The number of rotatable bonds is 7. The highest BCUT2D eigenvalue weighted by atomic mass is 79.9. The molecule has 3 aromatic carbocycles. The second-order valence-electron chi connectivity index (χ2n) is 7.84. The summed E-state index contributed by atoms with van der Waals surface area (Å²) < 4.78 is 12.1. The highest BCUT2D eigenvalue weighted by molar-refractivity contribution is 9.10. The van der Waals surface area contributed by atoms with Gasteiger partial charge in [-0.25, -0.2) is 4.99 Å². The van der Waals surface area contributed by atoms with Crippen LogP contribution in [0.2, 0.25) is 0 Å². The lowest BCUT2D eigenvalue weighted by Gasteiger charge is -2.27. The van der Waals surface area contributed by atoms with Gasteiger partial charge in [0.2, 0.25) is 0 Å². The Morgan fingerprint density at radius 2 is 1.80 bits per heavy atom. The van der Waals surface area contributed by atoms with Crippen molar-refractivity contribution in [2.75, 3.05) is 19.5 Å². The number of hydrogen-bond donors (Lipinski definition) is 2. The van der Waals surface area contributed by atoms with Gasteiger partial charge in [-0.1, -0.05) is 58.0 Å². The summed E-state index contributed by atoms with van der Waals surface area (Å²) in [5.41, 5.74) is 3.96. The summed E-state index contributed by atoms with van der Waals surface area (Å²) in [5.74, 6) is 1.80. The fourth-order valence-corrected chi connectivity index (χ4v) is 4.90. The van der Waals surface area contributed by atoms with Crippen molar-refractivity contribution in [2.45, 2.75) is 18.7 Å². The molecule has 4 rings (SSSR count). The lowest BCUT2D eigenvalue weighted by molar-refractivity contribution is -0.113. The van der Waals surface area contributed by atoms with E-state index >= 15 is 0 Å². The summed E-state index contributed by atoms with van der Waals surface area (Å²) in [4.78, 5) is 18.4. The molecule has 0 spiro atoms. The third-order valence-corrected chi connectivity index (χ3v) is 7.01. The molecular formula is C27H26BrN3O3S. The quantitative estimate of drug-likeness (QED) is 0.359. The zero-order chi connectivity index (χ0) is 24.8. The number of amides is 1. The summed E-state index contributed by atoms with van der Waals surface area (Å²) in [6.45, 7) is 1.90. The molecule has 2 N–H and O–H groups in total. The van der Waals surface area contributed by atoms with Crippen molar-refractivity contribution in [3.05, 3.63) is 99.7 Å². The molecule has 35 heavy (non-hydrogen) atoms. The molecule has 0 unspecified atom stereocenters. The number of halogens is 1. The predicted molar refractivity (Wildman–Crippen MR) is 146 cm³/mol. The fourth-order valence-electron chi connectivity index (χ4n) is 3.74. The molecule has 8 heteroatoms. The van der Waals surface area contributed by atoms with Crippen molar-refractivity contribution in [3.8, 4) is 11.5 Å². The van der Waals surface area contributed by atoms with E-state index in [1.807, 2.05) is 67.6 Å². The number of benzene rings is 3. The molecule has 0 fully saturated rings. The number of amidine groups is 1. The van der Waals surface area contributed by atoms with Gasteiger partial charge in [-0.2, -0.15) is 0 Å². The van der Waals surface area contributed by atoms with E-state index < -0.39 is 6.04 Å². The molecule has 0 saturated carbocycles. The molecule has 1 heterocycles. The maximum Gasteiger partial charge on any atom is 0.255 e. The number of para-hydroxylation sites is 1. The standard InChI is InChI=1S/C27H26BrN3O3S/c1-17-24(26(32)30-20-7-5-4-6-8-20)25(22-14-13-21(33-2)15-23(22)34-3)31-27(29-17)35-16-18-9-11-19(28)12-10-18/h4-15,25H,16H2,1-3H3,(H,29,31)(H,30,32)/t25-/m1/s1. The number of aliphatic imine (C=N–C) groups is 1.